The van der Waals surface area contributed by atoms with Gasteiger partial charge in [-0.3, -0.25) is 0 Å². The Balaban J connectivity index is 1.42. The van der Waals surface area contributed by atoms with Crippen molar-refractivity contribution in [1.29, 1.82) is 0 Å². The molecule has 0 unspecified atom stereocenters. The van der Waals surface area contributed by atoms with Gasteiger partial charge in [-0.2, -0.15) is 0 Å². The van der Waals surface area contributed by atoms with Gasteiger partial charge in [0.2, 0.25) is 0 Å². The van der Waals surface area contributed by atoms with Crippen molar-refractivity contribution >= 4 is 49.4 Å². The summed E-state index contributed by atoms with van der Waals surface area (Å²) in [6.45, 7) is 0. The Morgan fingerprint density at radius 3 is 1.95 bits per heavy atom. The summed E-state index contributed by atoms with van der Waals surface area (Å²) < 4.78 is 36.9. The van der Waals surface area contributed by atoms with Gasteiger partial charge in [-0.15, -0.1) is 0 Å². The molecule has 0 aliphatic carbocycles. The van der Waals surface area contributed by atoms with E-state index in [9.17, 15) is 2.74 Å². The summed E-state index contributed by atoms with van der Waals surface area (Å²) in [5.74, 6) is 0. The molecule has 0 fully saturated rings. The summed E-state index contributed by atoms with van der Waals surface area (Å²) in [4.78, 5) is 1.93. The number of hydrogen-bond acceptors (Lipinski definition) is 1. The topological polar surface area (TPSA) is 3.24 Å². The molecule has 0 aromatic heterocycles. The van der Waals surface area contributed by atoms with Gasteiger partial charge in [0, 0.05) is 16.8 Å². The largest absolute Gasteiger partial charge is 0.310 e. The molecular weight excluding hydrogens is 518 g/mol. The van der Waals surface area contributed by atoms with E-state index >= 15 is 0 Å². The molecule has 202 valence electrons. The summed E-state index contributed by atoms with van der Waals surface area (Å²) in [6, 6.07) is 50.3. The van der Waals surface area contributed by atoms with Crippen molar-refractivity contribution in [3.05, 3.63) is 176 Å². The number of nitrogens with zero attached hydrogens (tertiary/aromatic N) is 1. The van der Waals surface area contributed by atoms with E-state index < -0.39 is 0 Å². The molecule has 0 N–H and O–H groups in total. The Bertz CT molecular complexity index is 2480. The first kappa shape index (κ1) is 21.1. The van der Waals surface area contributed by atoms with Crippen LogP contribution in [-0.4, -0.2) is 0 Å². The van der Waals surface area contributed by atoms with E-state index in [1.165, 1.54) is 0 Å². The minimum absolute atomic E-state index is 0.0368. The van der Waals surface area contributed by atoms with E-state index in [-0.39, 0.29) is 29.9 Å². The van der Waals surface area contributed by atoms with Gasteiger partial charge in [0.1, 0.15) is 0 Å². The van der Waals surface area contributed by atoms with Gasteiger partial charge < -0.3 is 4.90 Å². The van der Waals surface area contributed by atoms with Crippen molar-refractivity contribution in [1.82, 2.24) is 0 Å². The maximum atomic E-state index is 9.67. The minimum Gasteiger partial charge on any atom is -0.310 e. The molecular formula is C42H29N. The van der Waals surface area contributed by atoms with Crippen molar-refractivity contribution < 1.29 is 5.48 Å². The molecule has 43 heavy (non-hydrogen) atoms. The fourth-order valence-corrected chi connectivity index (χ4v) is 6.02. The molecule has 0 spiro atoms. The molecule has 1 heteroatoms. The van der Waals surface area contributed by atoms with Crippen molar-refractivity contribution in [3.63, 3.8) is 0 Å². The van der Waals surface area contributed by atoms with E-state index in [2.05, 4.69) is 54.6 Å². The summed E-state index contributed by atoms with van der Waals surface area (Å²) in [7, 11) is 0. The molecule has 0 radical (unpaired) electrons. The third kappa shape index (κ3) is 4.62. The van der Waals surface area contributed by atoms with Crippen LogP contribution in [0.5, 0.6) is 0 Å². The number of fused-ring (bicyclic) bond motifs is 3. The van der Waals surface area contributed by atoms with Crippen LogP contribution in [0, 0.1) is 0 Å². The maximum Gasteiger partial charge on any atom is 0.0651 e. The highest BCUT2D eigenvalue weighted by molar-refractivity contribution is 6.01. The van der Waals surface area contributed by atoms with Crippen LogP contribution < -0.4 is 4.90 Å². The minimum atomic E-state index is -0.213. The van der Waals surface area contributed by atoms with Gasteiger partial charge in [0.05, 0.1) is 11.2 Å². The van der Waals surface area contributed by atoms with Crippen LogP contribution in [0.25, 0.3) is 54.6 Å². The zero-order valence-corrected chi connectivity index (χ0v) is 23.4. The molecule has 1 nitrogen and oxygen atoms in total. The van der Waals surface area contributed by atoms with E-state index in [1.54, 1.807) is 0 Å². The fourth-order valence-electron chi connectivity index (χ4n) is 6.02. The van der Waals surface area contributed by atoms with Gasteiger partial charge in [-0.1, -0.05) is 139 Å². The van der Waals surface area contributed by atoms with Crippen LogP contribution in [0.4, 0.5) is 17.1 Å². The van der Waals surface area contributed by atoms with Crippen LogP contribution in [0.15, 0.2) is 176 Å². The molecule has 0 saturated heterocycles. The van der Waals surface area contributed by atoms with Crippen molar-refractivity contribution in [3.8, 4) is 22.3 Å². The molecule has 0 heterocycles. The summed E-state index contributed by atoms with van der Waals surface area (Å²) in [6.07, 6.45) is 0. The molecule has 0 aliphatic rings. The molecule has 0 saturated carbocycles. The SMILES string of the molecule is [2H]c1c([2H])c(-c2ccc3ccccc3c2)c([2H])c(N(c2cccc(-c3cccc4ccccc34)c2)c2cccc3ccccc23)c1[2H]. The third-order valence-corrected chi connectivity index (χ3v) is 8.09. The smallest absolute Gasteiger partial charge is 0.0651 e. The fraction of sp³-hybridized carbons (Fsp3) is 0. The zero-order chi connectivity index (χ0) is 32.1. The van der Waals surface area contributed by atoms with Crippen LogP contribution in [0.3, 0.4) is 0 Å². The lowest BCUT2D eigenvalue weighted by Crippen LogP contribution is -2.10. The summed E-state index contributed by atoms with van der Waals surface area (Å²) in [5, 5.41) is 6.31. The van der Waals surface area contributed by atoms with Crippen LogP contribution in [0.1, 0.15) is 5.48 Å². The monoisotopic (exact) mass is 551 g/mol. The summed E-state index contributed by atoms with van der Waals surface area (Å²) in [5.41, 5.74) is 4.91. The predicted octanol–water partition coefficient (Wildman–Crippen LogP) is 11.9. The van der Waals surface area contributed by atoms with E-state index in [0.717, 1.165) is 54.8 Å². The molecule has 0 amide bonds. The summed E-state index contributed by atoms with van der Waals surface area (Å²) >= 11 is 0. The van der Waals surface area contributed by atoms with Gasteiger partial charge >= 0.3 is 0 Å². The third-order valence-electron chi connectivity index (χ3n) is 8.09. The number of benzene rings is 8. The van der Waals surface area contributed by atoms with Crippen LogP contribution in [-0.2, 0) is 0 Å². The lowest BCUT2D eigenvalue weighted by molar-refractivity contribution is 1.30. The average Bonchev–Trinajstić information content (AvgIpc) is 3.12. The quantitative estimate of drug-likeness (QED) is 0.206. The highest BCUT2D eigenvalue weighted by Gasteiger charge is 2.17. The first-order valence-corrected chi connectivity index (χ1v) is 14.5. The Kier molecular flexibility index (Phi) is 5.22. The van der Waals surface area contributed by atoms with Crippen molar-refractivity contribution in [2.45, 2.75) is 0 Å². The van der Waals surface area contributed by atoms with Gasteiger partial charge in [0.15, 0.2) is 0 Å². The number of rotatable bonds is 5. The Hall–Kier alpha value is -5.66. The second-order valence-corrected chi connectivity index (χ2v) is 10.7. The van der Waals surface area contributed by atoms with E-state index in [4.69, 9.17) is 2.74 Å². The molecule has 8 aromatic carbocycles. The molecule has 0 atom stereocenters. The lowest BCUT2D eigenvalue weighted by atomic mass is 9.97. The number of anilines is 3. The molecule has 0 bridgehead atoms. The van der Waals surface area contributed by atoms with Gasteiger partial charge in [-0.25, -0.2) is 0 Å². The van der Waals surface area contributed by atoms with Crippen LogP contribution >= 0.6 is 0 Å². The Labute approximate surface area is 257 Å². The predicted molar refractivity (Wildman–Crippen MR) is 185 cm³/mol. The molecule has 8 rings (SSSR count). The van der Waals surface area contributed by atoms with Gasteiger partial charge in [-0.05, 0) is 85.5 Å². The maximum absolute atomic E-state index is 9.67. The molecule has 0 aliphatic heterocycles. The zero-order valence-electron chi connectivity index (χ0n) is 27.4. The Morgan fingerprint density at radius 2 is 1.09 bits per heavy atom. The first-order chi connectivity index (χ1) is 23.0. The van der Waals surface area contributed by atoms with Crippen molar-refractivity contribution in [2.75, 3.05) is 4.90 Å². The molecule has 8 aromatic rings. The standard InChI is InChI=1S/C42H29N/c1-2-14-33-27-35(26-25-30(33)11-1)34-17-7-19-37(28-34)43(42-24-10-16-32-13-4-6-22-41(32)42)38-20-8-18-36(29-38)40-23-9-15-31-12-3-5-21-39(31)40/h1-29H/i7D,17D,19D,28D. The number of hydrogen-bond donors (Lipinski definition) is 0. The highest BCUT2D eigenvalue weighted by Crippen LogP contribution is 2.42. The van der Waals surface area contributed by atoms with Crippen molar-refractivity contribution in [2.24, 2.45) is 0 Å². The van der Waals surface area contributed by atoms with E-state index in [1.807, 2.05) is 102 Å². The van der Waals surface area contributed by atoms with Gasteiger partial charge in [0.25, 0.3) is 0 Å². The Morgan fingerprint density at radius 1 is 0.419 bits per heavy atom. The first-order valence-electron chi connectivity index (χ1n) is 16.5. The van der Waals surface area contributed by atoms with Crippen LogP contribution in [0.2, 0.25) is 0 Å². The average molecular weight is 552 g/mol. The van der Waals surface area contributed by atoms with E-state index in [0.29, 0.717) is 11.1 Å². The second-order valence-electron chi connectivity index (χ2n) is 10.7. The highest BCUT2D eigenvalue weighted by atomic mass is 15.1. The second kappa shape index (κ2) is 10.6. The lowest BCUT2D eigenvalue weighted by Gasteiger charge is -2.28. The normalized spacial score (nSPS) is 12.6.